The number of methoxy groups -OCH3 is 2. The molecule has 0 saturated carbocycles. The van der Waals surface area contributed by atoms with Gasteiger partial charge in [-0.15, -0.1) is 0 Å². The Bertz CT molecular complexity index is 424. The van der Waals surface area contributed by atoms with E-state index in [0.29, 0.717) is 11.4 Å². The Hall–Kier alpha value is -1.38. The molecule has 21 heavy (non-hydrogen) atoms. The van der Waals surface area contributed by atoms with Crippen LogP contribution < -0.4 is 10.1 Å². The highest BCUT2D eigenvalue weighted by molar-refractivity contribution is 5.47. The van der Waals surface area contributed by atoms with Crippen LogP contribution in [0.3, 0.4) is 0 Å². The Morgan fingerprint density at radius 3 is 2.33 bits per heavy atom. The van der Waals surface area contributed by atoms with E-state index in [1.54, 1.807) is 31.4 Å². The lowest BCUT2D eigenvalue weighted by Gasteiger charge is -2.42. The fourth-order valence-electron chi connectivity index (χ4n) is 2.33. The van der Waals surface area contributed by atoms with Crippen LogP contribution in [0.2, 0.25) is 0 Å². The van der Waals surface area contributed by atoms with Crippen molar-refractivity contribution in [3.63, 3.8) is 0 Å². The third-order valence-corrected chi connectivity index (χ3v) is 3.54. The Balaban J connectivity index is 2.13. The van der Waals surface area contributed by atoms with Gasteiger partial charge < -0.3 is 34.8 Å². The molecular weight excluding hydrogens is 278 g/mol. The van der Waals surface area contributed by atoms with Gasteiger partial charge in [0.15, 0.2) is 6.29 Å². The monoisotopic (exact) mass is 299 g/mol. The number of aliphatic hydroxyl groups is 3. The summed E-state index contributed by atoms with van der Waals surface area (Å²) in [7, 11) is 2.97. The summed E-state index contributed by atoms with van der Waals surface area (Å²) in [6.07, 6.45) is -3.89. The number of ether oxygens (including phenoxy) is 3. The molecule has 1 aliphatic rings. The summed E-state index contributed by atoms with van der Waals surface area (Å²) in [5, 5.41) is 32.7. The van der Waals surface area contributed by atoms with Crippen molar-refractivity contribution in [3.8, 4) is 5.75 Å². The molecule has 118 valence electrons. The predicted octanol–water partition coefficient (Wildman–Crippen LogP) is -0.439. The summed E-state index contributed by atoms with van der Waals surface area (Å²) in [6, 6.07) is 6.33. The SMILES string of the molecule is COc1ccc(N[C@@H]2[C@@H](O)[C@@H](CO)O[C@@H](OC)[C@@H]2O)cc1. The molecule has 1 aromatic carbocycles. The summed E-state index contributed by atoms with van der Waals surface area (Å²) in [6.45, 7) is -0.367. The molecule has 0 spiro atoms. The summed E-state index contributed by atoms with van der Waals surface area (Å²) in [5.41, 5.74) is 0.701. The van der Waals surface area contributed by atoms with E-state index in [1.807, 2.05) is 0 Å². The third-order valence-electron chi connectivity index (χ3n) is 3.54. The maximum atomic E-state index is 10.2. The van der Waals surface area contributed by atoms with Crippen LogP contribution in [0.5, 0.6) is 5.75 Å². The Labute approximate surface area is 123 Å². The highest BCUT2D eigenvalue weighted by atomic mass is 16.7. The van der Waals surface area contributed by atoms with Gasteiger partial charge in [-0.3, -0.25) is 0 Å². The smallest absolute Gasteiger partial charge is 0.185 e. The van der Waals surface area contributed by atoms with Crippen molar-refractivity contribution in [1.82, 2.24) is 0 Å². The van der Waals surface area contributed by atoms with E-state index in [2.05, 4.69) is 5.32 Å². The zero-order valence-electron chi connectivity index (χ0n) is 12.0. The van der Waals surface area contributed by atoms with E-state index in [0.717, 1.165) is 0 Å². The van der Waals surface area contributed by atoms with E-state index in [9.17, 15) is 15.3 Å². The second kappa shape index (κ2) is 7.06. The van der Waals surface area contributed by atoms with Crippen LogP contribution in [0.25, 0.3) is 0 Å². The van der Waals surface area contributed by atoms with Crippen LogP contribution in [-0.4, -0.2) is 66.8 Å². The van der Waals surface area contributed by atoms with Crippen molar-refractivity contribution in [2.24, 2.45) is 0 Å². The maximum absolute atomic E-state index is 10.2. The molecule has 1 fully saturated rings. The first kappa shape index (κ1) is 16.0. The first-order valence-electron chi connectivity index (χ1n) is 6.66. The van der Waals surface area contributed by atoms with E-state index >= 15 is 0 Å². The normalized spacial score (nSPS) is 32.7. The standard InChI is InChI=1S/C14H21NO6/c1-19-9-5-3-8(4-6-9)15-11-12(17)10(7-16)21-14(20-2)13(11)18/h3-6,10-18H,7H2,1-2H3/t10-,11-,12+,13-,14-/m1/s1. The summed E-state index contributed by atoms with van der Waals surface area (Å²) >= 11 is 0. The van der Waals surface area contributed by atoms with Gasteiger partial charge in [-0.1, -0.05) is 0 Å². The van der Waals surface area contributed by atoms with Crippen molar-refractivity contribution >= 4 is 5.69 Å². The van der Waals surface area contributed by atoms with Gasteiger partial charge >= 0.3 is 0 Å². The molecule has 0 bridgehead atoms. The summed E-state index contributed by atoms with van der Waals surface area (Å²) in [4.78, 5) is 0. The van der Waals surface area contributed by atoms with Gasteiger partial charge in [0, 0.05) is 12.8 Å². The molecule has 0 unspecified atom stereocenters. The van der Waals surface area contributed by atoms with Crippen LogP contribution in [-0.2, 0) is 9.47 Å². The van der Waals surface area contributed by atoms with Crippen LogP contribution >= 0.6 is 0 Å². The Morgan fingerprint density at radius 2 is 1.81 bits per heavy atom. The van der Waals surface area contributed by atoms with Gasteiger partial charge in [0.05, 0.1) is 19.8 Å². The van der Waals surface area contributed by atoms with E-state index in [-0.39, 0.29) is 6.61 Å². The fourth-order valence-corrected chi connectivity index (χ4v) is 2.33. The third kappa shape index (κ3) is 3.45. The molecule has 0 amide bonds. The Kier molecular flexibility index (Phi) is 5.38. The van der Waals surface area contributed by atoms with Crippen LogP contribution in [0.15, 0.2) is 24.3 Å². The number of benzene rings is 1. The highest BCUT2D eigenvalue weighted by Gasteiger charge is 2.44. The van der Waals surface area contributed by atoms with Gasteiger partial charge in [0.2, 0.25) is 0 Å². The first-order valence-corrected chi connectivity index (χ1v) is 6.66. The second-order valence-corrected chi connectivity index (χ2v) is 4.84. The molecule has 0 aromatic heterocycles. The molecule has 7 nitrogen and oxygen atoms in total. The van der Waals surface area contributed by atoms with Crippen molar-refractivity contribution in [2.75, 3.05) is 26.1 Å². The van der Waals surface area contributed by atoms with Crippen molar-refractivity contribution in [1.29, 1.82) is 0 Å². The first-order chi connectivity index (χ1) is 10.1. The number of rotatable bonds is 5. The zero-order valence-corrected chi connectivity index (χ0v) is 12.0. The van der Waals surface area contributed by atoms with E-state index in [1.165, 1.54) is 7.11 Å². The van der Waals surface area contributed by atoms with E-state index < -0.39 is 30.6 Å². The molecule has 0 aliphatic carbocycles. The number of nitrogens with one attached hydrogen (secondary N) is 1. The Morgan fingerprint density at radius 1 is 1.14 bits per heavy atom. The van der Waals surface area contributed by atoms with Crippen molar-refractivity contribution in [3.05, 3.63) is 24.3 Å². The zero-order chi connectivity index (χ0) is 15.4. The molecule has 1 saturated heterocycles. The average Bonchev–Trinajstić information content (AvgIpc) is 2.52. The second-order valence-electron chi connectivity index (χ2n) is 4.84. The lowest BCUT2D eigenvalue weighted by atomic mass is 9.96. The molecule has 2 rings (SSSR count). The number of aliphatic hydroxyl groups excluding tert-OH is 3. The van der Waals surface area contributed by atoms with Gasteiger partial charge in [-0.05, 0) is 24.3 Å². The van der Waals surface area contributed by atoms with Gasteiger partial charge in [-0.25, -0.2) is 0 Å². The molecule has 5 atom stereocenters. The van der Waals surface area contributed by atoms with Gasteiger partial charge in [0.25, 0.3) is 0 Å². The largest absolute Gasteiger partial charge is 0.497 e. The predicted molar refractivity (Wildman–Crippen MR) is 75.2 cm³/mol. The van der Waals surface area contributed by atoms with Crippen molar-refractivity contribution in [2.45, 2.75) is 30.6 Å². The minimum absolute atomic E-state index is 0.367. The fraction of sp³-hybridized carbons (Fsp3) is 0.571. The lowest BCUT2D eigenvalue weighted by molar-refractivity contribution is -0.265. The highest BCUT2D eigenvalue weighted by Crippen LogP contribution is 2.25. The van der Waals surface area contributed by atoms with Crippen LogP contribution in [0, 0.1) is 0 Å². The van der Waals surface area contributed by atoms with E-state index in [4.69, 9.17) is 14.2 Å². The molecule has 0 radical (unpaired) electrons. The topological polar surface area (TPSA) is 100 Å². The molecular formula is C14H21NO6. The average molecular weight is 299 g/mol. The molecule has 1 aliphatic heterocycles. The molecule has 1 aromatic rings. The maximum Gasteiger partial charge on any atom is 0.185 e. The molecule has 7 heteroatoms. The summed E-state index contributed by atoms with van der Waals surface area (Å²) < 4.78 is 15.4. The van der Waals surface area contributed by atoms with Crippen molar-refractivity contribution < 1.29 is 29.5 Å². The number of anilines is 1. The van der Waals surface area contributed by atoms with Crippen LogP contribution in [0.4, 0.5) is 5.69 Å². The quantitative estimate of drug-likeness (QED) is 0.585. The summed E-state index contributed by atoms with van der Waals surface area (Å²) in [5.74, 6) is 0.705. The number of hydrogen-bond acceptors (Lipinski definition) is 7. The minimum atomic E-state index is -1.07. The van der Waals surface area contributed by atoms with Gasteiger partial charge in [-0.2, -0.15) is 0 Å². The van der Waals surface area contributed by atoms with Crippen LogP contribution in [0.1, 0.15) is 0 Å². The lowest BCUT2D eigenvalue weighted by Crippen LogP contribution is -2.61. The minimum Gasteiger partial charge on any atom is -0.497 e. The molecule has 1 heterocycles. The molecule has 4 N–H and O–H groups in total. The van der Waals surface area contributed by atoms with Gasteiger partial charge in [0.1, 0.15) is 24.1 Å². The number of hydrogen-bond donors (Lipinski definition) is 4.